The van der Waals surface area contributed by atoms with Crippen LogP contribution in [0.3, 0.4) is 0 Å². The fourth-order valence-electron chi connectivity index (χ4n) is 1.46. The first-order valence-corrected chi connectivity index (χ1v) is 6.83. The molecule has 19 heavy (non-hydrogen) atoms. The van der Waals surface area contributed by atoms with Gasteiger partial charge in [0.25, 0.3) is 0 Å². The summed E-state index contributed by atoms with van der Waals surface area (Å²) >= 11 is 5.85. The zero-order chi connectivity index (χ0) is 14.1. The van der Waals surface area contributed by atoms with E-state index in [4.69, 9.17) is 16.3 Å². The fourth-order valence-corrected chi connectivity index (χ4v) is 1.65. The van der Waals surface area contributed by atoms with E-state index in [1.807, 2.05) is 26.0 Å². The molecule has 0 atom stereocenters. The van der Waals surface area contributed by atoms with Gasteiger partial charge in [-0.05, 0) is 38.5 Å². The summed E-state index contributed by atoms with van der Waals surface area (Å²) in [5, 5.41) is 6.49. The third-order valence-electron chi connectivity index (χ3n) is 2.37. The Morgan fingerprint density at radius 3 is 2.89 bits per heavy atom. The summed E-state index contributed by atoms with van der Waals surface area (Å²) in [6.07, 6.45) is 1.06. The third-order valence-corrected chi connectivity index (χ3v) is 2.61. The summed E-state index contributed by atoms with van der Waals surface area (Å²) in [5.74, 6) is -0.0375. The van der Waals surface area contributed by atoms with Crippen LogP contribution in [0.4, 0.5) is 5.69 Å². The maximum Gasteiger partial charge on any atom is 0.239 e. The lowest BCUT2D eigenvalue weighted by Gasteiger charge is -2.09. The van der Waals surface area contributed by atoms with Gasteiger partial charge in [-0.15, -0.1) is 0 Å². The molecule has 0 aliphatic rings. The summed E-state index contributed by atoms with van der Waals surface area (Å²) < 4.78 is 5.38. The van der Waals surface area contributed by atoms with E-state index in [9.17, 15) is 4.79 Å². The van der Waals surface area contributed by atoms with Crippen molar-refractivity contribution in [1.29, 1.82) is 0 Å². The lowest BCUT2D eigenvalue weighted by molar-refractivity contribution is -0.119. The molecule has 0 spiro atoms. The van der Waals surface area contributed by atoms with E-state index in [0.717, 1.165) is 12.1 Å². The number of hydrogen-bond donors (Lipinski definition) is 2. The summed E-state index contributed by atoms with van der Waals surface area (Å²) in [5.41, 5.74) is 0.839. The molecule has 0 fully saturated rings. The van der Waals surface area contributed by atoms with Gasteiger partial charge in [0.15, 0.2) is 0 Å². The lowest BCUT2D eigenvalue weighted by Crippen LogP contribution is -2.31. The minimum absolute atomic E-state index is 0.0375. The summed E-state index contributed by atoms with van der Waals surface area (Å²) in [4.78, 5) is 11.6. The van der Waals surface area contributed by atoms with E-state index in [-0.39, 0.29) is 18.6 Å². The predicted molar refractivity (Wildman–Crippen MR) is 78.7 cm³/mol. The first-order valence-electron chi connectivity index (χ1n) is 6.45. The quantitative estimate of drug-likeness (QED) is 0.722. The zero-order valence-corrected chi connectivity index (χ0v) is 12.2. The van der Waals surface area contributed by atoms with Crippen molar-refractivity contribution < 1.29 is 9.53 Å². The van der Waals surface area contributed by atoms with Crippen molar-refractivity contribution in [3.8, 4) is 0 Å². The van der Waals surface area contributed by atoms with Crippen molar-refractivity contribution >= 4 is 23.2 Å². The molecule has 1 aromatic rings. The van der Waals surface area contributed by atoms with Crippen LogP contribution in [-0.4, -0.2) is 31.7 Å². The van der Waals surface area contributed by atoms with Gasteiger partial charge in [-0.3, -0.25) is 4.79 Å². The molecule has 1 rings (SSSR count). The largest absolute Gasteiger partial charge is 0.379 e. The van der Waals surface area contributed by atoms with Gasteiger partial charge in [-0.25, -0.2) is 0 Å². The van der Waals surface area contributed by atoms with Crippen LogP contribution >= 0.6 is 11.6 Å². The molecule has 2 N–H and O–H groups in total. The second-order valence-corrected chi connectivity index (χ2v) is 4.92. The topological polar surface area (TPSA) is 50.4 Å². The fraction of sp³-hybridized carbons (Fsp3) is 0.500. The molecule has 106 valence electrons. The number of ether oxygens (including phenoxy) is 1. The van der Waals surface area contributed by atoms with Gasteiger partial charge in [0.1, 0.15) is 0 Å². The number of anilines is 1. The SMILES string of the molecule is CC(C)OCCCNC(=O)CNc1cccc(Cl)c1. The van der Waals surface area contributed by atoms with Crippen molar-refractivity contribution in [3.05, 3.63) is 29.3 Å². The molecule has 0 bridgehead atoms. The van der Waals surface area contributed by atoms with Gasteiger partial charge in [-0.1, -0.05) is 17.7 Å². The Balaban J connectivity index is 2.11. The molecular formula is C14H21ClN2O2. The smallest absolute Gasteiger partial charge is 0.239 e. The van der Waals surface area contributed by atoms with Crippen molar-refractivity contribution in [1.82, 2.24) is 5.32 Å². The molecule has 0 radical (unpaired) electrons. The van der Waals surface area contributed by atoms with Crippen molar-refractivity contribution in [2.24, 2.45) is 0 Å². The van der Waals surface area contributed by atoms with Gasteiger partial charge < -0.3 is 15.4 Å². The molecule has 1 aromatic carbocycles. The van der Waals surface area contributed by atoms with E-state index < -0.39 is 0 Å². The van der Waals surface area contributed by atoms with Crippen LogP contribution in [0.5, 0.6) is 0 Å². The van der Waals surface area contributed by atoms with Crippen LogP contribution < -0.4 is 10.6 Å². The van der Waals surface area contributed by atoms with E-state index in [0.29, 0.717) is 18.2 Å². The van der Waals surface area contributed by atoms with E-state index in [2.05, 4.69) is 10.6 Å². The molecule has 0 aliphatic carbocycles. The number of nitrogens with one attached hydrogen (secondary N) is 2. The minimum atomic E-state index is -0.0375. The summed E-state index contributed by atoms with van der Waals surface area (Å²) in [6, 6.07) is 7.29. The van der Waals surface area contributed by atoms with Crippen molar-refractivity contribution in [2.75, 3.05) is 25.0 Å². The van der Waals surface area contributed by atoms with Crippen LogP contribution in [-0.2, 0) is 9.53 Å². The highest BCUT2D eigenvalue weighted by molar-refractivity contribution is 6.30. The average molecular weight is 285 g/mol. The lowest BCUT2D eigenvalue weighted by atomic mass is 10.3. The first kappa shape index (κ1) is 15.8. The van der Waals surface area contributed by atoms with Gasteiger partial charge >= 0.3 is 0 Å². The Morgan fingerprint density at radius 1 is 1.42 bits per heavy atom. The molecule has 0 saturated carbocycles. The Hall–Kier alpha value is -1.26. The van der Waals surface area contributed by atoms with Gasteiger partial charge in [0, 0.05) is 23.9 Å². The van der Waals surface area contributed by atoms with Gasteiger partial charge in [0.05, 0.1) is 12.6 Å². The second-order valence-electron chi connectivity index (χ2n) is 4.49. The van der Waals surface area contributed by atoms with Crippen LogP contribution in [0.1, 0.15) is 20.3 Å². The molecule has 0 saturated heterocycles. The highest BCUT2D eigenvalue weighted by Crippen LogP contribution is 2.14. The highest BCUT2D eigenvalue weighted by Gasteiger charge is 2.01. The summed E-state index contributed by atoms with van der Waals surface area (Å²) in [7, 11) is 0. The van der Waals surface area contributed by atoms with Gasteiger partial charge in [-0.2, -0.15) is 0 Å². The zero-order valence-electron chi connectivity index (χ0n) is 11.4. The number of hydrogen-bond acceptors (Lipinski definition) is 3. The maximum absolute atomic E-state index is 11.6. The third kappa shape index (κ3) is 7.70. The number of halogens is 1. The monoisotopic (exact) mass is 284 g/mol. The van der Waals surface area contributed by atoms with E-state index in [1.165, 1.54) is 0 Å². The average Bonchev–Trinajstić information content (AvgIpc) is 2.35. The Morgan fingerprint density at radius 2 is 2.21 bits per heavy atom. The Bertz CT molecular complexity index is 397. The number of carbonyl (C=O) groups excluding carboxylic acids is 1. The Labute approximate surface area is 119 Å². The number of carbonyl (C=O) groups is 1. The van der Waals surface area contributed by atoms with Crippen molar-refractivity contribution in [2.45, 2.75) is 26.4 Å². The van der Waals surface area contributed by atoms with E-state index in [1.54, 1.807) is 12.1 Å². The van der Waals surface area contributed by atoms with Crippen LogP contribution in [0.15, 0.2) is 24.3 Å². The minimum Gasteiger partial charge on any atom is -0.379 e. The predicted octanol–water partition coefficient (Wildman–Crippen LogP) is 2.68. The standard InChI is InChI=1S/C14H21ClN2O2/c1-11(2)19-8-4-7-16-14(18)10-17-13-6-3-5-12(15)9-13/h3,5-6,9,11,17H,4,7-8,10H2,1-2H3,(H,16,18). The number of benzene rings is 1. The molecule has 4 nitrogen and oxygen atoms in total. The normalized spacial score (nSPS) is 10.5. The Kier molecular flexibility index (Phi) is 7.30. The molecular weight excluding hydrogens is 264 g/mol. The molecule has 0 aromatic heterocycles. The van der Waals surface area contributed by atoms with Crippen LogP contribution in [0, 0.1) is 0 Å². The molecule has 0 unspecified atom stereocenters. The molecule has 5 heteroatoms. The second kappa shape index (κ2) is 8.77. The maximum atomic E-state index is 11.6. The molecule has 0 heterocycles. The number of amides is 1. The van der Waals surface area contributed by atoms with Crippen LogP contribution in [0.2, 0.25) is 5.02 Å². The van der Waals surface area contributed by atoms with Crippen LogP contribution in [0.25, 0.3) is 0 Å². The van der Waals surface area contributed by atoms with Gasteiger partial charge in [0.2, 0.25) is 5.91 Å². The summed E-state index contributed by atoms with van der Waals surface area (Å²) in [6.45, 7) is 5.52. The van der Waals surface area contributed by atoms with E-state index >= 15 is 0 Å². The first-order chi connectivity index (χ1) is 9.08. The highest BCUT2D eigenvalue weighted by atomic mass is 35.5. The number of rotatable bonds is 8. The van der Waals surface area contributed by atoms with Crippen molar-refractivity contribution in [3.63, 3.8) is 0 Å². The molecule has 1 amide bonds. The molecule has 0 aliphatic heterocycles.